The largest absolute Gasteiger partial charge is 0.339 e. The number of aromatic nitrogens is 2. The molecular weight excluding hydrogens is 282 g/mol. The van der Waals surface area contributed by atoms with Crippen LogP contribution in [0.5, 0.6) is 0 Å². The van der Waals surface area contributed by atoms with Crippen molar-refractivity contribution in [3.63, 3.8) is 0 Å². The van der Waals surface area contributed by atoms with E-state index in [0.29, 0.717) is 0 Å². The fourth-order valence-corrected chi connectivity index (χ4v) is 3.47. The Balaban J connectivity index is 1.49. The number of nitrogens with one attached hydrogen (secondary N) is 1. The topological polar surface area (TPSA) is 51.0 Å². The van der Waals surface area contributed by atoms with E-state index in [2.05, 4.69) is 46.6 Å². The van der Waals surface area contributed by atoms with Gasteiger partial charge in [0.2, 0.25) is 5.89 Å². The van der Waals surface area contributed by atoms with Crippen LogP contribution in [0.3, 0.4) is 0 Å². The van der Waals surface area contributed by atoms with E-state index in [0.717, 1.165) is 49.3 Å². The number of benzene rings is 1. The third-order valence-corrected chi connectivity index (χ3v) is 5.06. The Morgan fingerprint density at radius 3 is 3.10 bits per heavy atom. The van der Waals surface area contributed by atoms with Gasteiger partial charge in [0.05, 0.1) is 5.75 Å². The predicted octanol–water partition coefficient (Wildman–Crippen LogP) is 3.21. The van der Waals surface area contributed by atoms with Gasteiger partial charge < -0.3 is 9.84 Å². The average Bonchev–Trinajstić information content (AvgIpc) is 3.16. The maximum Gasteiger partial charge on any atom is 0.226 e. The maximum absolute atomic E-state index is 5.35. The lowest BCUT2D eigenvalue weighted by Gasteiger charge is -2.04. The quantitative estimate of drug-likeness (QED) is 0.830. The minimum atomic E-state index is 0.763. The summed E-state index contributed by atoms with van der Waals surface area (Å²) in [6.45, 7) is 4.40. The summed E-state index contributed by atoms with van der Waals surface area (Å²) in [5.74, 6) is 3.10. The monoisotopic (exact) mass is 303 g/mol. The van der Waals surface area contributed by atoms with E-state index in [4.69, 9.17) is 4.52 Å². The first-order valence-corrected chi connectivity index (χ1v) is 8.50. The molecule has 112 valence electrons. The highest BCUT2D eigenvalue weighted by Gasteiger charge is 2.16. The van der Waals surface area contributed by atoms with Crippen molar-refractivity contribution in [3.8, 4) is 0 Å². The minimum Gasteiger partial charge on any atom is -0.339 e. The van der Waals surface area contributed by atoms with Crippen molar-refractivity contribution in [2.45, 2.75) is 36.8 Å². The molecule has 0 aliphatic carbocycles. The molecule has 21 heavy (non-hydrogen) atoms. The van der Waals surface area contributed by atoms with Crippen LogP contribution in [0.2, 0.25) is 0 Å². The van der Waals surface area contributed by atoms with Gasteiger partial charge in [0.25, 0.3) is 0 Å². The molecule has 3 rings (SSSR count). The highest BCUT2D eigenvalue weighted by atomic mass is 32.2. The molecule has 1 aromatic carbocycles. The van der Waals surface area contributed by atoms with E-state index in [1.54, 1.807) is 11.8 Å². The molecule has 2 aromatic rings. The zero-order chi connectivity index (χ0) is 14.5. The van der Waals surface area contributed by atoms with Crippen molar-refractivity contribution in [3.05, 3.63) is 41.5 Å². The molecule has 1 saturated heterocycles. The van der Waals surface area contributed by atoms with Crippen LogP contribution in [0.4, 0.5) is 0 Å². The molecule has 1 unspecified atom stereocenters. The Hall–Kier alpha value is -1.33. The molecule has 4 nitrogen and oxygen atoms in total. The zero-order valence-corrected chi connectivity index (χ0v) is 13.2. The van der Waals surface area contributed by atoms with E-state index >= 15 is 0 Å². The second kappa shape index (κ2) is 7.09. The first-order chi connectivity index (χ1) is 10.3. The van der Waals surface area contributed by atoms with Gasteiger partial charge in [0.1, 0.15) is 0 Å². The first kappa shape index (κ1) is 14.6. The van der Waals surface area contributed by atoms with Crippen LogP contribution in [0.1, 0.15) is 30.1 Å². The second-order valence-electron chi connectivity index (χ2n) is 5.56. The lowest BCUT2D eigenvalue weighted by molar-refractivity contribution is 0.361. The molecule has 5 heteroatoms. The van der Waals surface area contributed by atoms with E-state index in [1.807, 2.05) is 0 Å². The number of nitrogens with zero attached hydrogens (tertiary/aromatic N) is 2. The Morgan fingerprint density at radius 2 is 2.29 bits per heavy atom. The molecule has 1 aliphatic rings. The summed E-state index contributed by atoms with van der Waals surface area (Å²) in [4.78, 5) is 5.78. The van der Waals surface area contributed by atoms with E-state index in [9.17, 15) is 0 Å². The molecule has 2 heterocycles. The van der Waals surface area contributed by atoms with Gasteiger partial charge in [-0.1, -0.05) is 23.4 Å². The number of thioether (sulfide) groups is 1. The Bertz CT molecular complexity index is 578. The summed E-state index contributed by atoms with van der Waals surface area (Å²) < 4.78 is 5.35. The van der Waals surface area contributed by atoms with Crippen molar-refractivity contribution in [1.29, 1.82) is 0 Å². The van der Waals surface area contributed by atoms with E-state index in [-0.39, 0.29) is 0 Å². The standard InChI is InChI=1S/C16H21N3OS/c1-12-4-2-3-5-14(12)21-11-15-18-16(20-19-15)7-6-13-8-9-17-10-13/h2-5,13,17H,6-11H2,1H3. The van der Waals surface area contributed by atoms with Gasteiger partial charge in [-0.2, -0.15) is 4.98 Å². The number of rotatable bonds is 6. The Labute approximate surface area is 129 Å². The molecule has 0 saturated carbocycles. The van der Waals surface area contributed by atoms with Crippen molar-refractivity contribution in [2.24, 2.45) is 5.92 Å². The van der Waals surface area contributed by atoms with Gasteiger partial charge in [-0.25, -0.2) is 0 Å². The maximum atomic E-state index is 5.35. The number of hydrogen-bond donors (Lipinski definition) is 1. The fraction of sp³-hybridized carbons (Fsp3) is 0.500. The average molecular weight is 303 g/mol. The van der Waals surface area contributed by atoms with Crippen LogP contribution >= 0.6 is 11.8 Å². The summed E-state index contributed by atoms with van der Waals surface area (Å²) in [5.41, 5.74) is 1.29. The normalized spacial score (nSPS) is 18.2. The van der Waals surface area contributed by atoms with Gasteiger partial charge in [0, 0.05) is 11.3 Å². The SMILES string of the molecule is Cc1ccccc1SCc1noc(CCC2CCNC2)n1. The molecular formula is C16H21N3OS. The van der Waals surface area contributed by atoms with E-state index < -0.39 is 0 Å². The minimum absolute atomic E-state index is 0.763. The smallest absolute Gasteiger partial charge is 0.226 e. The van der Waals surface area contributed by atoms with Crippen molar-refractivity contribution in [1.82, 2.24) is 15.5 Å². The van der Waals surface area contributed by atoms with E-state index in [1.165, 1.54) is 16.9 Å². The number of aryl methyl sites for hydroxylation is 2. The molecule has 0 amide bonds. The third kappa shape index (κ3) is 4.08. The molecule has 0 bridgehead atoms. The highest BCUT2D eigenvalue weighted by Crippen LogP contribution is 2.25. The molecule has 0 radical (unpaired) electrons. The van der Waals surface area contributed by atoms with Crippen LogP contribution in [0.25, 0.3) is 0 Å². The third-order valence-electron chi connectivity index (χ3n) is 3.89. The fourth-order valence-electron chi connectivity index (χ4n) is 2.60. The summed E-state index contributed by atoms with van der Waals surface area (Å²) in [6, 6.07) is 8.38. The lowest BCUT2D eigenvalue weighted by Crippen LogP contribution is -2.09. The Kier molecular flexibility index (Phi) is 4.93. The van der Waals surface area contributed by atoms with Crippen LogP contribution in [0.15, 0.2) is 33.7 Å². The van der Waals surface area contributed by atoms with Gasteiger partial charge in [-0.3, -0.25) is 0 Å². The second-order valence-corrected chi connectivity index (χ2v) is 6.57. The summed E-state index contributed by atoms with van der Waals surface area (Å²) in [5, 5.41) is 7.47. The van der Waals surface area contributed by atoms with Gasteiger partial charge in [-0.05, 0) is 50.4 Å². The van der Waals surface area contributed by atoms with Crippen LogP contribution in [-0.4, -0.2) is 23.2 Å². The first-order valence-electron chi connectivity index (χ1n) is 7.52. The van der Waals surface area contributed by atoms with Crippen molar-refractivity contribution < 1.29 is 4.52 Å². The summed E-state index contributed by atoms with van der Waals surface area (Å²) in [6.07, 6.45) is 3.30. The van der Waals surface area contributed by atoms with Crippen LogP contribution in [0, 0.1) is 12.8 Å². The molecule has 1 N–H and O–H groups in total. The molecule has 0 spiro atoms. The molecule has 1 atom stereocenters. The summed E-state index contributed by atoms with van der Waals surface area (Å²) >= 11 is 1.76. The molecule has 1 fully saturated rings. The highest BCUT2D eigenvalue weighted by molar-refractivity contribution is 7.98. The van der Waals surface area contributed by atoms with Gasteiger partial charge in [-0.15, -0.1) is 11.8 Å². The number of hydrogen-bond acceptors (Lipinski definition) is 5. The summed E-state index contributed by atoms with van der Waals surface area (Å²) in [7, 11) is 0. The van der Waals surface area contributed by atoms with Crippen molar-refractivity contribution in [2.75, 3.05) is 13.1 Å². The Morgan fingerprint density at radius 1 is 1.38 bits per heavy atom. The van der Waals surface area contributed by atoms with Crippen LogP contribution in [-0.2, 0) is 12.2 Å². The van der Waals surface area contributed by atoms with Crippen LogP contribution < -0.4 is 5.32 Å². The van der Waals surface area contributed by atoms with Crippen molar-refractivity contribution >= 4 is 11.8 Å². The lowest BCUT2D eigenvalue weighted by atomic mass is 10.0. The van der Waals surface area contributed by atoms with Gasteiger partial charge >= 0.3 is 0 Å². The predicted molar refractivity (Wildman–Crippen MR) is 84.3 cm³/mol. The molecule has 1 aliphatic heterocycles. The zero-order valence-electron chi connectivity index (χ0n) is 12.3. The molecule has 1 aromatic heterocycles. The van der Waals surface area contributed by atoms with Gasteiger partial charge in [0.15, 0.2) is 5.82 Å².